The molecule has 0 atom stereocenters. The number of halogens is 1. The number of benzene rings is 1. The van der Waals surface area contributed by atoms with Gasteiger partial charge in [0.2, 0.25) is 5.91 Å². The molecule has 0 heterocycles. The van der Waals surface area contributed by atoms with E-state index in [2.05, 4.69) is 21.2 Å². The third-order valence-corrected chi connectivity index (χ3v) is 4.55. The van der Waals surface area contributed by atoms with Crippen molar-refractivity contribution in [1.29, 1.82) is 0 Å². The topological polar surface area (TPSA) is 64.3 Å². The average Bonchev–Trinajstić information content (AvgIpc) is 2.91. The maximum absolute atomic E-state index is 12.5. The normalized spacial score (nSPS) is 17.2. The van der Waals surface area contributed by atoms with Crippen LogP contribution < -0.4 is 15.8 Å². The highest BCUT2D eigenvalue weighted by Gasteiger charge is 2.39. The van der Waals surface area contributed by atoms with Gasteiger partial charge in [0.1, 0.15) is 5.75 Å². The van der Waals surface area contributed by atoms with E-state index in [1.165, 1.54) is 0 Å². The summed E-state index contributed by atoms with van der Waals surface area (Å²) in [7, 11) is 1.60. The Morgan fingerprint density at radius 2 is 2.16 bits per heavy atom. The molecule has 1 aliphatic carbocycles. The van der Waals surface area contributed by atoms with E-state index in [1.807, 2.05) is 12.1 Å². The standard InChI is InChI=1S/C14H19BrN2O2/c1-19-10-4-5-11(15)12(8-10)17-13(18)14(9-16)6-2-3-7-14/h4-5,8H,2-3,6-7,9,16H2,1H3,(H,17,18). The lowest BCUT2D eigenvalue weighted by molar-refractivity contribution is -0.124. The lowest BCUT2D eigenvalue weighted by Crippen LogP contribution is -2.40. The molecule has 1 fully saturated rings. The first kappa shape index (κ1) is 14.3. The van der Waals surface area contributed by atoms with Crippen molar-refractivity contribution in [2.24, 2.45) is 11.1 Å². The van der Waals surface area contributed by atoms with Crippen molar-refractivity contribution in [3.05, 3.63) is 22.7 Å². The van der Waals surface area contributed by atoms with Crippen LogP contribution in [0.2, 0.25) is 0 Å². The van der Waals surface area contributed by atoms with Crippen molar-refractivity contribution in [3.63, 3.8) is 0 Å². The van der Waals surface area contributed by atoms with Crippen LogP contribution in [0.15, 0.2) is 22.7 Å². The molecule has 2 rings (SSSR count). The van der Waals surface area contributed by atoms with Gasteiger partial charge in [-0.3, -0.25) is 4.79 Å². The zero-order chi connectivity index (χ0) is 13.9. The number of hydrogen-bond acceptors (Lipinski definition) is 3. The number of amides is 1. The summed E-state index contributed by atoms with van der Waals surface area (Å²) in [5.74, 6) is 0.730. The Bertz CT molecular complexity index is 471. The van der Waals surface area contributed by atoms with Gasteiger partial charge >= 0.3 is 0 Å². The first-order valence-corrected chi connectivity index (χ1v) is 7.26. The van der Waals surface area contributed by atoms with Gasteiger partial charge in [-0.2, -0.15) is 0 Å². The monoisotopic (exact) mass is 326 g/mol. The molecule has 1 aliphatic rings. The lowest BCUT2D eigenvalue weighted by Gasteiger charge is -2.26. The molecule has 1 aromatic carbocycles. The second-order valence-electron chi connectivity index (χ2n) is 4.99. The van der Waals surface area contributed by atoms with Gasteiger partial charge in [0.25, 0.3) is 0 Å². The third-order valence-electron chi connectivity index (χ3n) is 3.85. The average molecular weight is 327 g/mol. The number of anilines is 1. The smallest absolute Gasteiger partial charge is 0.231 e. The Labute approximate surface area is 121 Å². The van der Waals surface area contributed by atoms with Crippen molar-refractivity contribution in [2.75, 3.05) is 19.0 Å². The van der Waals surface area contributed by atoms with Crippen LogP contribution in [0.3, 0.4) is 0 Å². The predicted octanol–water partition coefficient (Wildman–Crippen LogP) is 2.92. The Morgan fingerprint density at radius 1 is 1.47 bits per heavy atom. The molecule has 1 amide bonds. The van der Waals surface area contributed by atoms with Gasteiger partial charge in [-0.05, 0) is 40.9 Å². The molecule has 104 valence electrons. The summed E-state index contributed by atoms with van der Waals surface area (Å²) < 4.78 is 6.01. The summed E-state index contributed by atoms with van der Waals surface area (Å²) in [6, 6.07) is 5.51. The third kappa shape index (κ3) is 2.92. The highest BCUT2D eigenvalue weighted by atomic mass is 79.9. The van der Waals surface area contributed by atoms with Crippen LogP contribution in [0.1, 0.15) is 25.7 Å². The molecular formula is C14H19BrN2O2. The van der Waals surface area contributed by atoms with E-state index in [4.69, 9.17) is 10.5 Å². The van der Waals surface area contributed by atoms with Crippen molar-refractivity contribution in [3.8, 4) is 5.75 Å². The van der Waals surface area contributed by atoms with Crippen molar-refractivity contribution in [1.82, 2.24) is 0 Å². The minimum absolute atomic E-state index is 0.0152. The van der Waals surface area contributed by atoms with Crippen molar-refractivity contribution in [2.45, 2.75) is 25.7 Å². The van der Waals surface area contributed by atoms with E-state index in [-0.39, 0.29) is 5.91 Å². The SMILES string of the molecule is COc1ccc(Br)c(NC(=O)C2(CN)CCCC2)c1. The van der Waals surface area contributed by atoms with Gasteiger partial charge in [0.15, 0.2) is 0 Å². The minimum atomic E-state index is -0.400. The van der Waals surface area contributed by atoms with Crippen LogP contribution in [-0.4, -0.2) is 19.6 Å². The Morgan fingerprint density at radius 3 is 2.74 bits per heavy atom. The van der Waals surface area contributed by atoms with E-state index in [1.54, 1.807) is 13.2 Å². The predicted molar refractivity (Wildman–Crippen MR) is 79.3 cm³/mol. The van der Waals surface area contributed by atoms with Crippen LogP contribution >= 0.6 is 15.9 Å². The Hall–Kier alpha value is -1.07. The number of ether oxygens (including phenoxy) is 1. The maximum atomic E-state index is 12.5. The number of methoxy groups -OCH3 is 1. The van der Waals surface area contributed by atoms with Crippen LogP contribution in [0.4, 0.5) is 5.69 Å². The van der Waals surface area contributed by atoms with E-state index in [9.17, 15) is 4.79 Å². The van der Waals surface area contributed by atoms with Gasteiger partial charge in [0, 0.05) is 17.1 Å². The lowest BCUT2D eigenvalue weighted by atomic mass is 9.85. The Balaban J connectivity index is 2.18. The summed E-state index contributed by atoms with van der Waals surface area (Å²) in [5.41, 5.74) is 6.15. The van der Waals surface area contributed by atoms with Gasteiger partial charge in [0.05, 0.1) is 18.2 Å². The maximum Gasteiger partial charge on any atom is 0.231 e. The molecule has 0 aliphatic heterocycles. The Kier molecular flexibility index (Phi) is 4.47. The molecule has 0 bridgehead atoms. The molecule has 0 unspecified atom stereocenters. The summed E-state index contributed by atoms with van der Waals surface area (Å²) in [6.07, 6.45) is 3.89. The van der Waals surface area contributed by atoms with Crippen molar-refractivity contribution < 1.29 is 9.53 Å². The van der Waals surface area contributed by atoms with E-state index in [0.29, 0.717) is 12.3 Å². The summed E-state index contributed by atoms with van der Waals surface area (Å²) in [4.78, 5) is 12.5. The second kappa shape index (κ2) is 5.92. The molecule has 5 heteroatoms. The molecule has 0 aromatic heterocycles. The molecule has 3 N–H and O–H groups in total. The highest BCUT2D eigenvalue weighted by molar-refractivity contribution is 9.10. The number of carbonyl (C=O) groups excluding carboxylic acids is 1. The molecule has 0 radical (unpaired) electrons. The van der Waals surface area contributed by atoms with Crippen LogP contribution in [0.25, 0.3) is 0 Å². The molecule has 0 spiro atoms. The van der Waals surface area contributed by atoms with Gasteiger partial charge in [-0.15, -0.1) is 0 Å². The second-order valence-corrected chi connectivity index (χ2v) is 5.85. The van der Waals surface area contributed by atoms with Crippen molar-refractivity contribution >= 4 is 27.5 Å². The quantitative estimate of drug-likeness (QED) is 0.894. The fourth-order valence-electron chi connectivity index (χ4n) is 2.56. The highest BCUT2D eigenvalue weighted by Crippen LogP contribution is 2.39. The molecule has 1 aromatic rings. The minimum Gasteiger partial charge on any atom is -0.497 e. The first-order chi connectivity index (χ1) is 9.11. The number of nitrogens with one attached hydrogen (secondary N) is 1. The van der Waals surface area contributed by atoms with Gasteiger partial charge in [-0.25, -0.2) is 0 Å². The first-order valence-electron chi connectivity index (χ1n) is 6.46. The fraction of sp³-hybridized carbons (Fsp3) is 0.500. The largest absolute Gasteiger partial charge is 0.497 e. The van der Waals surface area contributed by atoms with E-state index >= 15 is 0 Å². The van der Waals surface area contributed by atoms with Crippen LogP contribution in [-0.2, 0) is 4.79 Å². The zero-order valence-corrected chi connectivity index (χ0v) is 12.6. The summed E-state index contributed by atoms with van der Waals surface area (Å²) >= 11 is 3.43. The molecule has 19 heavy (non-hydrogen) atoms. The number of hydrogen-bond donors (Lipinski definition) is 2. The van der Waals surface area contributed by atoms with Crippen LogP contribution in [0, 0.1) is 5.41 Å². The van der Waals surface area contributed by atoms with E-state index < -0.39 is 5.41 Å². The number of carbonyl (C=O) groups is 1. The molecule has 0 saturated heterocycles. The number of rotatable bonds is 4. The molecular weight excluding hydrogens is 308 g/mol. The summed E-state index contributed by atoms with van der Waals surface area (Å²) in [5, 5.41) is 2.97. The van der Waals surface area contributed by atoms with Gasteiger partial charge < -0.3 is 15.8 Å². The number of nitrogens with two attached hydrogens (primary N) is 1. The zero-order valence-electron chi connectivity index (χ0n) is 11.0. The van der Waals surface area contributed by atoms with E-state index in [0.717, 1.165) is 35.8 Å². The fourth-order valence-corrected chi connectivity index (χ4v) is 2.90. The summed E-state index contributed by atoms with van der Waals surface area (Å²) in [6.45, 7) is 0.403. The van der Waals surface area contributed by atoms with Gasteiger partial charge in [-0.1, -0.05) is 12.8 Å². The van der Waals surface area contributed by atoms with Crippen LogP contribution in [0.5, 0.6) is 5.75 Å². The molecule has 4 nitrogen and oxygen atoms in total. The molecule has 1 saturated carbocycles.